The summed E-state index contributed by atoms with van der Waals surface area (Å²) in [5.74, 6) is -2.00. The van der Waals surface area contributed by atoms with Gasteiger partial charge in [0.25, 0.3) is 22.9 Å². The number of imide groups is 2. The van der Waals surface area contributed by atoms with E-state index in [1.54, 1.807) is 56.3 Å². The lowest BCUT2D eigenvalue weighted by atomic mass is 10.0. The highest BCUT2D eigenvalue weighted by Gasteiger charge is 2.33. The molecule has 6 aromatic rings. The van der Waals surface area contributed by atoms with Gasteiger partial charge in [0.15, 0.2) is 0 Å². The first kappa shape index (κ1) is 45.2. The van der Waals surface area contributed by atoms with Gasteiger partial charge in [0, 0.05) is 37.1 Å². The van der Waals surface area contributed by atoms with Gasteiger partial charge in [0.05, 0.1) is 27.4 Å². The Labute approximate surface area is 367 Å². The van der Waals surface area contributed by atoms with Crippen molar-refractivity contribution in [2.24, 2.45) is 0 Å². The molecule has 2 aliphatic heterocycles. The van der Waals surface area contributed by atoms with Crippen molar-refractivity contribution in [2.75, 3.05) is 0 Å². The van der Waals surface area contributed by atoms with Crippen molar-refractivity contribution in [3.05, 3.63) is 151 Å². The average molecular weight is 891 g/mol. The summed E-state index contributed by atoms with van der Waals surface area (Å²) in [4.78, 5) is 107. The zero-order chi connectivity index (χ0) is 46.7. The van der Waals surface area contributed by atoms with Gasteiger partial charge in [-0.2, -0.15) is 13.2 Å². The number of nitrogens with zero attached hydrogens (tertiary/aromatic N) is 4. The molecule has 2 aliphatic rings. The van der Waals surface area contributed by atoms with Crippen LogP contribution in [0.4, 0.5) is 13.2 Å². The number of amides is 6. The molecule has 334 valence electrons. The van der Waals surface area contributed by atoms with Crippen molar-refractivity contribution in [3.8, 4) is 0 Å². The number of aryl methyl sites for hydroxylation is 3. The second-order valence-corrected chi connectivity index (χ2v) is 15.6. The van der Waals surface area contributed by atoms with Gasteiger partial charge < -0.3 is 10.6 Å². The molecule has 0 radical (unpaired) electrons. The molecule has 2 fully saturated rings. The summed E-state index contributed by atoms with van der Waals surface area (Å²) in [7, 11) is 0. The van der Waals surface area contributed by atoms with E-state index in [1.165, 1.54) is 21.3 Å². The van der Waals surface area contributed by atoms with E-state index in [0.29, 0.717) is 39.2 Å². The normalized spacial score (nSPS) is 16.3. The number of nitrogens with one attached hydrogen (secondary N) is 4. The third-order valence-electron chi connectivity index (χ3n) is 11.0. The predicted octanol–water partition coefficient (Wildman–Crippen LogP) is 4.55. The van der Waals surface area contributed by atoms with E-state index < -0.39 is 53.0 Å². The van der Waals surface area contributed by atoms with Gasteiger partial charge in [-0.1, -0.05) is 35.9 Å². The molecular formula is C46H41F3N8O8. The quantitative estimate of drug-likeness (QED) is 0.156. The maximum atomic E-state index is 13.2. The molecule has 4 N–H and O–H groups in total. The molecule has 0 bridgehead atoms. The first-order valence-electron chi connectivity index (χ1n) is 20.4. The van der Waals surface area contributed by atoms with Crippen LogP contribution in [0.5, 0.6) is 0 Å². The summed E-state index contributed by atoms with van der Waals surface area (Å²) < 4.78 is 41.3. The molecule has 0 spiro atoms. The van der Waals surface area contributed by atoms with Crippen LogP contribution in [0.15, 0.2) is 94.5 Å². The molecule has 4 heterocycles. The van der Waals surface area contributed by atoms with Crippen LogP contribution in [0, 0.1) is 20.8 Å². The Morgan fingerprint density at radius 2 is 1.09 bits per heavy atom. The third-order valence-corrected chi connectivity index (χ3v) is 11.0. The van der Waals surface area contributed by atoms with Crippen molar-refractivity contribution >= 4 is 57.2 Å². The molecule has 0 aliphatic carbocycles. The molecular weight excluding hydrogens is 850 g/mol. The number of halogens is 3. The van der Waals surface area contributed by atoms with Gasteiger partial charge in [-0.15, -0.1) is 0 Å². The average Bonchev–Trinajstić information content (AvgIpc) is 3.26. The number of carbonyl (C=O) groups is 6. The molecule has 2 atom stereocenters. The van der Waals surface area contributed by atoms with E-state index in [4.69, 9.17) is 0 Å². The van der Waals surface area contributed by atoms with E-state index in [2.05, 4.69) is 31.2 Å². The molecule has 16 nitrogen and oxygen atoms in total. The molecule has 19 heteroatoms. The first-order valence-corrected chi connectivity index (χ1v) is 20.4. The minimum Gasteiger partial charge on any atom is -0.348 e. The molecule has 8 rings (SSSR count). The van der Waals surface area contributed by atoms with Crippen LogP contribution in [0.2, 0.25) is 0 Å². The van der Waals surface area contributed by atoms with Crippen LogP contribution in [-0.4, -0.2) is 54.5 Å². The maximum absolute atomic E-state index is 13.2. The van der Waals surface area contributed by atoms with E-state index in [0.717, 1.165) is 29.3 Å². The molecule has 2 aromatic heterocycles. The monoisotopic (exact) mass is 890 g/mol. The lowest BCUT2D eigenvalue weighted by Crippen LogP contribution is -2.45. The number of piperidine rings is 2. The highest BCUT2D eigenvalue weighted by molar-refractivity contribution is 6.00. The van der Waals surface area contributed by atoms with Crippen LogP contribution in [0.3, 0.4) is 0 Å². The fourth-order valence-corrected chi connectivity index (χ4v) is 7.64. The summed E-state index contributed by atoms with van der Waals surface area (Å²) in [6.07, 6.45) is -3.87. The Bertz CT molecular complexity index is 3050. The van der Waals surface area contributed by atoms with Gasteiger partial charge >= 0.3 is 6.18 Å². The van der Waals surface area contributed by atoms with Crippen LogP contribution < -0.4 is 32.4 Å². The Morgan fingerprint density at radius 1 is 0.631 bits per heavy atom. The summed E-state index contributed by atoms with van der Waals surface area (Å²) in [5.41, 5.74) is 1.90. The van der Waals surface area contributed by atoms with Gasteiger partial charge in [-0.05, 0) is 99.3 Å². The third kappa shape index (κ3) is 10.0. The van der Waals surface area contributed by atoms with E-state index in [9.17, 15) is 51.5 Å². The number of fused-ring (bicyclic) bond motifs is 2. The number of carbonyl (C=O) groups excluding carboxylic acids is 6. The lowest BCUT2D eigenvalue weighted by Gasteiger charge is -2.24. The standard InChI is InChI=1S/C23H19F3N4O4.C23H22N4O4/c1-12-28-17-6-5-13(11-27-20(32)14-3-2-4-15(10-14)23(24,25)26)9-16(17)22(34)30(12)18-7-8-19(31)29-21(18)33;1-13-3-6-16(7-4-13)21(29)24-12-15-5-8-18-17(11-15)23(31)27(14(2)25-18)19-9-10-20(28)26-22(19)30/h2-6,9-10,18H,7-8,11H2,1H3,(H,27,32)(H,29,31,33);3-8,11,19H,9-10,12H2,1-2H3,(H,24,29)(H,26,28,30)/t18-;19-/m10/s1. The highest BCUT2D eigenvalue weighted by Crippen LogP contribution is 2.30. The number of aromatic nitrogens is 4. The number of benzene rings is 4. The summed E-state index contributed by atoms with van der Waals surface area (Å²) in [6.45, 7) is 5.41. The van der Waals surface area contributed by atoms with Gasteiger partial charge in [-0.25, -0.2) is 9.97 Å². The summed E-state index contributed by atoms with van der Waals surface area (Å²) >= 11 is 0. The Morgan fingerprint density at radius 3 is 1.54 bits per heavy atom. The van der Waals surface area contributed by atoms with E-state index in [-0.39, 0.29) is 67.1 Å². The molecule has 6 amide bonds. The summed E-state index contributed by atoms with van der Waals surface area (Å²) in [6, 6.07) is 19.6. The van der Waals surface area contributed by atoms with Crippen LogP contribution in [0.1, 0.15) is 92.4 Å². The van der Waals surface area contributed by atoms with Crippen molar-refractivity contribution in [2.45, 2.75) is 77.8 Å². The zero-order valence-electron chi connectivity index (χ0n) is 35.2. The first-order chi connectivity index (χ1) is 30.9. The van der Waals surface area contributed by atoms with Crippen LogP contribution >= 0.6 is 0 Å². The molecule has 65 heavy (non-hydrogen) atoms. The fraction of sp³-hybridized carbons (Fsp3) is 0.261. The number of rotatable bonds is 8. The second-order valence-electron chi connectivity index (χ2n) is 15.6. The van der Waals surface area contributed by atoms with E-state index >= 15 is 0 Å². The largest absolute Gasteiger partial charge is 0.416 e. The van der Waals surface area contributed by atoms with Crippen molar-refractivity contribution < 1.29 is 41.9 Å². The molecule has 0 unspecified atom stereocenters. The predicted molar refractivity (Wildman–Crippen MR) is 229 cm³/mol. The molecule has 4 aromatic carbocycles. The number of hydrogen-bond acceptors (Lipinski definition) is 10. The zero-order valence-corrected chi connectivity index (χ0v) is 35.2. The van der Waals surface area contributed by atoms with Crippen molar-refractivity contribution in [1.82, 2.24) is 40.4 Å². The minimum atomic E-state index is -4.57. The Kier molecular flexibility index (Phi) is 12.9. The maximum Gasteiger partial charge on any atom is 0.416 e. The van der Waals surface area contributed by atoms with Crippen LogP contribution in [-0.2, 0) is 38.4 Å². The topological polar surface area (TPSA) is 220 Å². The minimum absolute atomic E-state index is 0.0449. The number of hydrogen-bond donors (Lipinski definition) is 4. The van der Waals surface area contributed by atoms with Gasteiger partial charge in [0.1, 0.15) is 23.7 Å². The van der Waals surface area contributed by atoms with Crippen LogP contribution in [0.25, 0.3) is 21.8 Å². The van der Waals surface area contributed by atoms with Gasteiger partial charge in [-0.3, -0.25) is 58.1 Å². The Hall–Kier alpha value is -7.83. The highest BCUT2D eigenvalue weighted by atomic mass is 19.4. The van der Waals surface area contributed by atoms with Gasteiger partial charge in [0.2, 0.25) is 23.6 Å². The van der Waals surface area contributed by atoms with E-state index in [1.807, 2.05) is 19.1 Å². The summed E-state index contributed by atoms with van der Waals surface area (Å²) in [5, 5.41) is 10.5. The second kappa shape index (κ2) is 18.5. The van der Waals surface area contributed by atoms with Crippen molar-refractivity contribution in [3.63, 3.8) is 0 Å². The number of alkyl halides is 3. The lowest BCUT2D eigenvalue weighted by molar-refractivity contribution is -0.138. The Balaban J connectivity index is 0.000000195. The smallest absolute Gasteiger partial charge is 0.348 e. The SMILES string of the molecule is Cc1ccc(C(=O)NCc2ccc3nc(C)n([C@H]4CCC(=O)NC4=O)c(=O)c3c2)cc1.Cc1nc2ccc(CNC(=O)c3cccc(C(F)(F)F)c3)cc2c(=O)n1[C@@H]1CCC(=O)NC1=O. The van der Waals surface area contributed by atoms with Crippen molar-refractivity contribution in [1.29, 1.82) is 0 Å². The molecule has 2 saturated heterocycles. The molecule has 0 saturated carbocycles. The fourth-order valence-electron chi connectivity index (χ4n) is 7.64.